The summed E-state index contributed by atoms with van der Waals surface area (Å²) in [6.45, 7) is 3.75. The van der Waals surface area contributed by atoms with Crippen molar-refractivity contribution in [3.05, 3.63) is 30.0 Å². The summed E-state index contributed by atoms with van der Waals surface area (Å²) in [7, 11) is 0. The maximum absolute atomic E-state index is 5.49. The summed E-state index contributed by atoms with van der Waals surface area (Å²) in [5, 5.41) is 4.23. The third-order valence-electron chi connectivity index (χ3n) is 1.89. The molecule has 0 aliphatic rings. The molecule has 72 valence electrons. The number of rotatable bonds is 1. The minimum atomic E-state index is 0.503. The molecule has 5 heteroatoms. The highest BCUT2D eigenvalue weighted by atomic mass is 15.3. The lowest BCUT2D eigenvalue weighted by molar-refractivity contribution is 0.826. The summed E-state index contributed by atoms with van der Waals surface area (Å²) >= 11 is 0. The molecule has 0 aromatic carbocycles. The molecule has 0 saturated carbocycles. The van der Waals surface area contributed by atoms with Gasteiger partial charge in [-0.15, -0.1) is 0 Å². The highest BCUT2D eigenvalue weighted by molar-refractivity contribution is 5.36. The Labute approximate surface area is 81.6 Å². The van der Waals surface area contributed by atoms with E-state index in [4.69, 9.17) is 5.73 Å². The van der Waals surface area contributed by atoms with Crippen LogP contribution in [0.2, 0.25) is 0 Å². The van der Waals surface area contributed by atoms with Crippen molar-refractivity contribution in [2.24, 2.45) is 0 Å². The van der Waals surface area contributed by atoms with Gasteiger partial charge in [0, 0.05) is 0 Å². The molecule has 0 aliphatic carbocycles. The molecule has 0 bridgehead atoms. The summed E-state index contributed by atoms with van der Waals surface area (Å²) in [6, 6.07) is 3.61. The van der Waals surface area contributed by atoms with Crippen LogP contribution in [0.1, 0.15) is 11.6 Å². The first-order valence-electron chi connectivity index (χ1n) is 4.29. The molecule has 0 amide bonds. The molecule has 2 N–H and O–H groups in total. The van der Waals surface area contributed by atoms with Crippen LogP contribution in [0.15, 0.2) is 18.3 Å². The highest BCUT2D eigenvalue weighted by Gasteiger charge is 2.04. The molecule has 2 aromatic heterocycles. The summed E-state index contributed by atoms with van der Waals surface area (Å²) < 4.78 is 1.74. The second-order valence-corrected chi connectivity index (χ2v) is 3.06. The van der Waals surface area contributed by atoms with Crippen LogP contribution in [0.5, 0.6) is 0 Å². The molecule has 0 saturated heterocycles. The standard InChI is InChI=1S/C9H11N5/c1-6-12-7(2)14(13-6)8-3-4-9(10)11-5-8/h3-5H,1-2H3,(H2,10,11). The summed E-state index contributed by atoms with van der Waals surface area (Å²) in [5.74, 6) is 2.09. The zero-order valence-electron chi connectivity index (χ0n) is 8.10. The maximum atomic E-state index is 5.49. The third kappa shape index (κ3) is 1.44. The smallest absolute Gasteiger partial charge is 0.148 e. The van der Waals surface area contributed by atoms with Gasteiger partial charge in [-0.2, -0.15) is 5.10 Å². The largest absolute Gasteiger partial charge is 0.384 e. The first-order chi connectivity index (χ1) is 6.66. The second-order valence-electron chi connectivity index (χ2n) is 3.06. The van der Waals surface area contributed by atoms with E-state index in [9.17, 15) is 0 Å². The summed E-state index contributed by atoms with van der Waals surface area (Å²) in [5.41, 5.74) is 6.36. The molecule has 0 aliphatic heterocycles. The van der Waals surface area contributed by atoms with Crippen LogP contribution in [-0.2, 0) is 0 Å². The van der Waals surface area contributed by atoms with E-state index >= 15 is 0 Å². The number of aromatic nitrogens is 4. The predicted octanol–water partition coefficient (Wildman–Crippen LogP) is 0.861. The van der Waals surface area contributed by atoms with Crippen molar-refractivity contribution < 1.29 is 0 Å². The van der Waals surface area contributed by atoms with Crippen molar-refractivity contribution in [1.82, 2.24) is 19.7 Å². The lowest BCUT2D eigenvalue weighted by Gasteiger charge is -2.01. The molecule has 0 atom stereocenters. The quantitative estimate of drug-likeness (QED) is 0.722. The van der Waals surface area contributed by atoms with Gasteiger partial charge in [0.15, 0.2) is 0 Å². The Bertz CT molecular complexity index is 443. The Balaban J connectivity index is 2.49. The second kappa shape index (κ2) is 3.10. The molecular formula is C9H11N5. The minimum absolute atomic E-state index is 0.503. The molecule has 0 radical (unpaired) electrons. The zero-order chi connectivity index (χ0) is 10.1. The summed E-state index contributed by atoms with van der Waals surface area (Å²) in [4.78, 5) is 8.20. The van der Waals surface area contributed by atoms with E-state index < -0.39 is 0 Å². The van der Waals surface area contributed by atoms with E-state index in [0.29, 0.717) is 5.82 Å². The van der Waals surface area contributed by atoms with Gasteiger partial charge < -0.3 is 5.73 Å². The van der Waals surface area contributed by atoms with Gasteiger partial charge in [-0.25, -0.2) is 14.6 Å². The van der Waals surface area contributed by atoms with Crippen molar-refractivity contribution in [2.45, 2.75) is 13.8 Å². The van der Waals surface area contributed by atoms with Crippen molar-refractivity contribution >= 4 is 5.82 Å². The molecule has 0 fully saturated rings. The van der Waals surface area contributed by atoms with Crippen LogP contribution in [0.4, 0.5) is 5.82 Å². The van der Waals surface area contributed by atoms with Crippen LogP contribution in [0.25, 0.3) is 5.69 Å². The lowest BCUT2D eigenvalue weighted by atomic mass is 10.4. The van der Waals surface area contributed by atoms with Crippen molar-refractivity contribution in [3.8, 4) is 5.69 Å². The van der Waals surface area contributed by atoms with Crippen LogP contribution in [0, 0.1) is 13.8 Å². The van der Waals surface area contributed by atoms with E-state index in [1.807, 2.05) is 19.9 Å². The predicted molar refractivity (Wildman–Crippen MR) is 53.0 cm³/mol. The number of nitrogens with zero attached hydrogens (tertiary/aromatic N) is 4. The van der Waals surface area contributed by atoms with E-state index in [2.05, 4.69) is 15.1 Å². The molecular weight excluding hydrogens is 178 g/mol. The Morgan fingerprint density at radius 1 is 1.29 bits per heavy atom. The molecule has 14 heavy (non-hydrogen) atoms. The normalized spacial score (nSPS) is 10.4. The molecule has 0 spiro atoms. The SMILES string of the molecule is Cc1nc(C)n(-c2ccc(N)nc2)n1. The summed E-state index contributed by atoms with van der Waals surface area (Å²) in [6.07, 6.45) is 1.68. The highest BCUT2D eigenvalue weighted by Crippen LogP contribution is 2.08. The first-order valence-corrected chi connectivity index (χ1v) is 4.29. The number of hydrogen-bond acceptors (Lipinski definition) is 4. The number of anilines is 1. The fourth-order valence-corrected chi connectivity index (χ4v) is 1.29. The van der Waals surface area contributed by atoms with Crippen molar-refractivity contribution in [2.75, 3.05) is 5.73 Å². The van der Waals surface area contributed by atoms with Crippen LogP contribution >= 0.6 is 0 Å². The molecule has 5 nitrogen and oxygen atoms in total. The van der Waals surface area contributed by atoms with E-state index in [1.54, 1.807) is 16.9 Å². The monoisotopic (exact) mass is 189 g/mol. The fraction of sp³-hybridized carbons (Fsp3) is 0.222. The number of hydrogen-bond donors (Lipinski definition) is 1. The Hall–Kier alpha value is -1.91. The topological polar surface area (TPSA) is 69.6 Å². The van der Waals surface area contributed by atoms with Crippen LogP contribution in [-0.4, -0.2) is 19.7 Å². The zero-order valence-corrected chi connectivity index (χ0v) is 8.10. The first kappa shape index (κ1) is 8.68. The fourth-order valence-electron chi connectivity index (χ4n) is 1.29. The van der Waals surface area contributed by atoms with E-state index in [-0.39, 0.29) is 0 Å². The Morgan fingerprint density at radius 2 is 2.07 bits per heavy atom. The minimum Gasteiger partial charge on any atom is -0.384 e. The van der Waals surface area contributed by atoms with Crippen molar-refractivity contribution in [1.29, 1.82) is 0 Å². The third-order valence-corrected chi connectivity index (χ3v) is 1.89. The molecule has 2 rings (SSSR count). The van der Waals surface area contributed by atoms with Crippen LogP contribution < -0.4 is 5.73 Å². The molecule has 2 aromatic rings. The van der Waals surface area contributed by atoms with Crippen LogP contribution in [0.3, 0.4) is 0 Å². The molecule has 0 unspecified atom stereocenters. The van der Waals surface area contributed by atoms with Gasteiger partial charge in [-0.1, -0.05) is 0 Å². The van der Waals surface area contributed by atoms with Gasteiger partial charge in [0.1, 0.15) is 17.5 Å². The Kier molecular flexibility index (Phi) is 1.92. The number of pyridine rings is 1. The maximum Gasteiger partial charge on any atom is 0.148 e. The average Bonchev–Trinajstić information content (AvgIpc) is 2.47. The Morgan fingerprint density at radius 3 is 2.57 bits per heavy atom. The number of nitrogen functional groups attached to an aromatic ring is 1. The number of aryl methyl sites for hydroxylation is 2. The van der Waals surface area contributed by atoms with E-state index in [0.717, 1.165) is 17.3 Å². The lowest BCUT2D eigenvalue weighted by Crippen LogP contribution is -2.00. The van der Waals surface area contributed by atoms with Gasteiger partial charge in [-0.05, 0) is 26.0 Å². The van der Waals surface area contributed by atoms with Crippen molar-refractivity contribution in [3.63, 3.8) is 0 Å². The average molecular weight is 189 g/mol. The van der Waals surface area contributed by atoms with Gasteiger partial charge in [0.25, 0.3) is 0 Å². The van der Waals surface area contributed by atoms with Gasteiger partial charge >= 0.3 is 0 Å². The van der Waals surface area contributed by atoms with Gasteiger partial charge in [-0.3, -0.25) is 0 Å². The van der Waals surface area contributed by atoms with E-state index in [1.165, 1.54) is 0 Å². The molecule has 2 heterocycles. The van der Waals surface area contributed by atoms with Gasteiger partial charge in [0.2, 0.25) is 0 Å². The number of nitrogens with two attached hydrogens (primary N) is 1. The van der Waals surface area contributed by atoms with Gasteiger partial charge in [0.05, 0.1) is 11.9 Å².